The highest BCUT2D eigenvalue weighted by molar-refractivity contribution is 7.99. The van der Waals surface area contributed by atoms with Gasteiger partial charge in [-0.2, -0.15) is 0 Å². The van der Waals surface area contributed by atoms with E-state index in [2.05, 4.69) is 20.2 Å². The van der Waals surface area contributed by atoms with Gasteiger partial charge in [-0.05, 0) is 25.3 Å². The molecule has 0 bridgehead atoms. The van der Waals surface area contributed by atoms with Crippen LogP contribution in [0.25, 0.3) is 0 Å². The first-order valence-corrected chi connectivity index (χ1v) is 9.34. The fraction of sp³-hybridized carbons (Fsp3) is 0.353. The molecule has 8 nitrogen and oxygen atoms in total. The van der Waals surface area contributed by atoms with Crippen molar-refractivity contribution < 1.29 is 9.72 Å². The number of nitro benzene ring substituents is 1. The topological polar surface area (TPSA) is 101 Å². The number of amides is 1. The van der Waals surface area contributed by atoms with Crippen LogP contribution in [0.5, 0.6) is 0 Å². The molecule has 26 heavy (non-hydrogen) atoms. The molecule has 1 N–H and O–H groups in total. The van der Waals surface area contributed by atoms with Crippen LogP contribution in [-0.2, 0) is 4.79 Å². The lowest BCUT2D eigenvalue weighted by Crippen LogP contribution is -2.30. The number of thioether (sulfide) groups is 1. The number of benzene rings is 1. The van der Waals surface area contributed by atoms with Crippen molar-refractivity contribution in [3.05, 3.63) is 46.8 Å². The number of rotatable bonds is 6. The van der Waals surface area contributed by atoms with Crippen LogP contribution in [0.4, 0.5) is 17.2 Å². The Kier molecular flexibility index (Phi) is 6.00. The molecule has 0 unspecified atom stereocenters. The Morgan fingerprint density at radius 1 is 1.23 bits per heavy atom. The summed E-state index contributed by atoms with van der Waals surface area (Å²) in [6.07, 6.45) is 5.10. The first kappa shape index (κ1) is 18.1. The van der Waals surface area contributed by atoms with Gasteiger partial charge in [0.15, 0.2) is 0 Å². The summed E-state index contributed by atoms with van der Waals surface area (Å²) >= 11 is 1.31. The lowest BCUT2D eigenvalue weighted by molar-refractivity contribution is -0.384. The fourth-order valence-corrected chi connectivity index (χ4v) is 3.40. The maximum absolute atomic E-state index is 12.1. The molecular formula is C17H19N5O3S. The molecule has 1 fully saturated rings. The number of hydrogen-bond acceptors (Lipinski definition) is 7. The number of aromatic nitrogens is 2. The molecule has 1 amide bonds. The van der Waals surface area contributed by atoms with Gasteiger partial charge in [0.05, 0.1) is 10.7 Å². The average molecular weight is 373 g/mol. The van der Waals surface area contributed by atoms with E-state index in [1.165, 1.54) is 42.7 Å². The summed E-state index contributed by atoms with van der Waals surface area (Å²) in [4.78, 5) is 33.2. The Hall–Kier alpha value is -2.68. The van der Waals surface area contributed by atoms with Gasteiger partial charge in [0, 0.05) is 37.0 Å². The predicted octanol–water partition coefficient (Wildman–Crippen LogP) is 3.11. The van der Waals surface area contributed by atoms with Gasteiger partial charge >= 0.3 is 0 Å². The Labute approximate surface area is 155 Å². The van der Waals surface area contributed by atoms with Crippen molar-refractivity contribution in [2.45, 2.75) is 24.3 Å². The van der Waals surface area contributed by atoms with Crippen molar-refractivity contribution in [1.29, 1.82) is 0 Å². The van der Waals surface area contributed by atoms with Crippen molar-refractivity contribution >= 4 is 34.9 Å². The van der Waals surface area contributed by atoms with Crippen LogP contribution < -0.4 is 10.2 Å². The van der Waals surface area contributed by atoms with Crippen LogP contribution in [0.3, 0.4) is 0 Å². The van der Waals surface area contributed by atoms with E-state index in [1.54, 1.807) is 6.07 Å². The van der Waals surface area contributed by atoms with Gasteiger partial charge in [0.1, 0.15) is 17.2 Å². The number of carbonyl (C=O) groups is 1. The summed E-state index contributed by atoms with van der Waals surface area (Å²) in [7, 11) is 0. The van der Waals surface area contributed by atoms with Crippen molar-refractivity contribution in [2.75, 3.05) is 29.1 Å². The van der Waals surface area contributed by atoms with E-state index >= 15 is 0 Å². The summed E-state index contributed by atoms with van der Waals surface area (Å²) in [5.41, 5.74) is 0.346. The maximum Gasteiger partial charge on any atom is 0.271 e. The lowest BCUT2D eigenvalue weighted by atomic mass is 10.1. The molecule has 0 spiro atoms. The van der Waals surface area contributed by atoms with Crippen LogP contribution in [-0.4, -0.2) is 39.6 Å². The minimum Gasteiger partial charge on any atom is -0.356 e. The molecule has 1 aromatic carbocycles. The zero-order valence-corrected chi connectivity index (χ0v) is 14.9. The summed E-state index contributed by atoms with van der Waals surface area (Å²) in [5, 5.41) is 14.2. The van der Waals surface area contributed by atoms with Gasteiger partial charge in [-0.1, -0.05) is 17.8 Å². The van der Waals surface area contributed by atoms with Gasteiger partial charge in [0.2, 0.25) is 5.91 Å². The zero-order chi connectivity index (χ0) is 18.4. The Bertz CT molecular complexity index is 795. The number of nitrogens with zero attached hydrogens (tertiary/aromatic N) is 4. The van der Waals surface area contributed by atoms with Gasteiger partial charge in [-0.25, -0.2) is 9.97 Å². The van der Waals surface area contributed by atoms with E-state index in [9.17, 15) is 14.9 Å². The van der Waals surface area contributed by atoms with E-state index < -0.39 is 4.92 Å². The maximum atomic E-state index is 12.1. The fourth-order valence-electron chi connectivity index (χ4n) is 2.74. The van der Waals surface area contributed by atoms with Crippen LogP contribution in [0.15, 0.2) is 41.7 Å². The van der Waals surface area contributed by atoms with Crippen LogP contribution >= 0.6 is 11.8 Å². The molecule has 3 rings (SSSR count). The van der Waals surface area contributed by atoms with Crippen LogP contribution in [0.2, 0.25) is 0 Å². The van der Waals surface area contributed by atoms with Crippen LogP contribution in [0, 0.1) is 10.1 Å². The summed E-state index contributed by atoms with van der Waals surface area (Å²) in [6, 6.07) is 7.77. The Balaban J connectivity index is 1.56. The third-order valence-corrected chi connectivity index (χ3v) is 4.93. The molecule has 1 aromatic heterocycles. The third-order valence-electron chi connectivity index (χ3n) is 4.00. The first-order chi connectivity index (χ1) is 12.6. The van der Waals surface area contributed by atoms with Gasteiger partial charge < -0.3 is 10.2 Å². The molecule has 0 radical (unpaired) electrons. The number of non-ortho nitro benzene ring substituents is 1. The SMILES string of the molecule is O=C(CSc1cc(N2CCCCC2)ncn1)Nc1cccc([N+](=O)[O-])c1. The molecular weight excluding hydrogens is 354 g/mol. The normalized spacial score (nSPS) is 14.1. The second kappa shape index (κ2) is 8.61. The Morgan fingerprint density at radius 3 is 2.81 bits per heavy atom. The lowest BCUT2D eigenvalue weighted by Gasteiger charge is -2.27. The average Bonchev–Trinajstić information content (AvgIpc) is 2.67. The molecule has 2 heterocycles. The standard InChI is InChI=1S/C17H19N5O3S/c23-16(20-13-5-4-6-14(9-13)22(24)25)11-26-17-10-15(18-12-19-17)21-7-2-1-3-8-21/h4-6,9-10,12H,1-3,7-8,11H2,(H,20,23). The quantitative estimate of drug-likeness (QED) is 0.359. The minimum atomic E-state index is -0.493. The Morgan fingerprint density at radius 2 is 2.04 bits per heavy atom. The summed E-state index contributed by atoms with van der Waals surface area (Å²) < 4.78 is 0. The number of anilines is 2. The molecule has 1 aliphatic rings. The zero-order valence-electron chi connectivity index (χ0n) is 14.1. The van der Waals surface area contributed by atoms with Crippen molar-refractivity contribution in [3.8, 4) is 0 Å². The largest absolute Gasteiger partial charge is 0.356 e. The van der Waals surface area contributed by atoms with E-state index in [4.69, 9.17) is 0 Å². The third kappa shape index (κ3) is 4.92. The second-order valence-electron chi connectivity index (χ2n) is 5.91. The van der Waals surface area contributed by atoms with E-state index in [0.717, 1.165) is 36.8 Å². The molecule has 0 aliphatic carbocycles. The molecule has 9 heteroatoms. The van der Waals surface area contributed by atoms with Gasteiger partial charge in [-0.3, -0.25) is 14.9 Å². The van der Waals surface area contributed by atoms with Gasteiger partial charge in [0.25, 0.3) is 5.69 Å². The van der Waals surface area contributed by atoms with E-state index in [1.807, 2.05) is 6.07 Å². The molecule has 1 saturated heterocycles. The molecule has 2 aromatic rings. The molecule has 1 aliphatic heterocycles. The number of piperidine rings is 1. The minimum absolute atomic E-state index is 0.0579. The highest BCUT2D eigenvalue weighted by atomic mass is 32.2. The van der Waals surface area contributed by atoms with Crippen molar-refractivity contribution in [3.63, 3.8) is 0 Å². The summed E-state index contributed by atoms with van der Waals surface area (Å²) in [6.45, 7) is 1.99. The monoisotopic (exact) mass is 373 g/mol. The molecule has 136 valence electrons. The smallest absolute Gasteiger partial charge is 0.271 e. The second-order valence-corrected chi connectivity index (χ2v) is 6.90. The van der Waals surface area contributed by atoms with Gasteiger partial charge in [-0.15, -0.1) is 0 Å². The summed E-state index contributed by atoms with van der Waals surface area (Å²) in [5.74, 6) is 0.814. The number of nitrogens with one attached hydrogen (secondary N) is 1. The van der Waals surface area contributed by atoms with Crippen molar-refractivity contribution in [2.24, 2.45) is 0 Å². The highest BCUT2D eigenvalue weighted by Crippen LogP contribution is 2.23. The first-order valence-electron chi connectivity index (χ1n) is 8.36. The highest BCUT2D eigenvalue weighted by Gasteiger charge is 2.14. The number of nitro groups is 1. The predicted molar refractivity (Wildman–Crippen MR) is 101 cm³/mol. The molecule has 0 saturated carbocycles. The van der Waals surface area contributed by atoms with Crippen LogP contribution in [0.1, 0.15) is 19.3 Å². The van der Waals surface area contributed by atoms with E-state index in [0.29, 0.717) is 5.69 Å². The van der Waals surface area contributed by atoms with E-state index in [-0.39, 0.29) is 17.3 Å². The number of hydrogen-bond donors (Lipinski definition) is 1. The molecule has 0 atom stereocenters. The number of carbonyl (C=O) groups excluding carboxylic acids is 1. The van der Waals surface area contributed by atoms with Crippen molar-refractivity contribution in [1.82, 2.24) is 9.97 Å².